The first-order chi connectivity index (χ1) is 17.4. The van der Waals surface area contributed by atoms with Crippen molar-refractivity contribution in [3.8, 4) is 11.5 Å². The molecule has 2 aliphatic rings. The Morgan fingerprint density at radius 2 is 1.58 bits per heavy atom. The lowest BCUT2D eigenvalue weighted by molar-refractivity contribution is -0.123. The largest absolute Gasteiger partial charge is 0.457 e. The molecular weight excluding hydrogens is 458 g/mol. The van der Waals surface area contributed by atoms with Crippen molar-refractivity contribution >= 4 is 29.1 Å². The summed E-state index contributed by atoms with van der Waals surface area (Å²) < 4.78 is 5.76. The molecule has 0 unspecified atom stereocenters. The fourth-order valence-corrected chi connectivity index (χ4v) is 4.20. The van der Waals surface area contributed by atoms with E-state index in [1.165, 1.54) is 5.01 Å². The predicted octanol–water partition coefficient (Wildman–Crippen LogP) is 4.53. The third-order valence-corrected chi connectivity index (χ3v) is 6.10. The molecule has 5 rings (SSSR count). The van der Waals surface area contributed by atoms with E-state index in [-0.39, 0.29) is 12.5 Å². The smallest absolute Gasteiger partial charge is 0.263 e. The van der Waals surface area contributed by atoms with Crippen LogP contribution in [0.3, 0.4) is 0 Å². The second kappa shape index (κ2) is 9.61. The number of ether oxygens (including phenoxy) is 1. The topological polar surface area (TPSA) is 104 Å². The summed E-state index contributed by atoms with van der Waals surface area (Å²) in [6, 6.07) is 21.7. The van der Waals surface area contributed by atoms with Crippen LogP contribution in [0.1, 0.15) is 25.3 Å². The molecule has 3 aromatic rings. The van der Waals surface area contributed by atoms with Crippen molar-refractivity contribution in [2.75, 3.05) is 16.8 Å². The van der Waals surface area contributed by atoms with Crippen molar-refractivity contribution in [1.82, 2.24) is 5.01 Å². The summed E-state index contributed by atoms with van der Waals surface area (Å²) in [7, 11) is 0. The first kappa shape index (κ1) is 23.2. The molecule has 1 N–H and O–H groups in total. The van der Waals surface area contributed by atoms with Gasteiger partial charge in [-0.15, -0.1) is 0 Å². The zero-order valence-corrected chi connectivity index (χ0v) is 19.9. The van der Waals surface area contributed by atoms with Gasteiger partial charge in [-0.3, -0.25) is 19.4 Å². The van der Waals surface area contributed by atoms with E-state index in [2.05, 4.69) is 29.5 Å². The molecule has 3 amide bonds. The number of carbonyl (C=O) groups excluding carboxylic acids is 3. The van der Waals surface area contributed by atoms with Gasteiger partial charge >= 0.3 is 0 Å². The van der Waals surface area contributed by atoms with Crippen molar-refractivity contribution in [2.24, 2.45) is 10.3 Å². The molecule has 0 aliphatic carbocycles. The molecule has 1 fully saturated rings. The van der Waals surface area contributed by atoms with Gasteiger partial charge in [-0.25, -0.2) is 4.90 Å². The molecule has 9 heteroatoms. The zero-order chi connectivity index (χ0) is 25.2. The van der Waals surface area contributed by atoms with Gasteiger partial charge in [0, 0.05) is 5.69 Å². The van der Waals surface area contributed by atoms with Gasteiger partial charge in [0.15, 0.2) is 12.1 Å². The number of benzene rings is 3. The molecule has 9 nitrogen and oxygen atoms in total. The van der Waals surface area contributed by atoms with E-state index in [4.69, 9.17) is 4.74 Å². The third-order valence-electron chi connectivity index (χ3n) is 6.10. The van der Waals surface area contributed by atoms with Gasteiger partial charge < -0.3 is 10.1 Å². The number of amides is 3. The molecule has 182 valence electrons. The van der Waals surface area contributed by atoms with E-state index in [0.717, 1.165) is 10.5 Å². The van der Waals surface area contributed by atoms with Gasteiger partial charge in [0.25, 0.3) is 11.8 Å². The monoisotopic (exact) mass is 483 g/mol. The molecule has 36 heavy (non-hydrogen) atoms. The summed E-state index contributed by atoms with van der Waals surface area (Å²) in [5, 5.41) is 12.0. The highest BCUT2D eigenvalue weighted by atomic mass is 16.5. The maximum Gasteiger partial charge on any atom is 0.263 e. The maximum absolute atomic E-state index is 13.2. The summed E-state index contributed by atoms with van der Waals surface area (Å²) in [6.07, 6.45) is 0. The van der Waals surface area contributed by atoms with Crippen LogP contribution in [0.4, 0.5) is 11.4 Å². The van der Waals surface area contributed by atoms with Crippen molar-refractivity contribution in [1.29, 1.82) is 0 Å². The number of hydrogen-bond donors (Lipinski definition) is 1. The van der Waals surface area contributed by atoms with Crippen molar-refractivity contribution in [3.05, 3.63) is 84.4 Å². The van der Waals surface area contributed by atoms with Gasteiger partial charge in [-0.05, 0) is 60.0 Å². The Kier molecular flexibility index (Phi) is 6.20. The van der Waals surface area contributed by atoms with Crippen LogP contribution in [0.2, 0.25) is 0 Å². The van der Waals surface area contributed by atoms with Gasteiger partial charge in [0.05, 0.1) is 5.69 Å². The van der Waals surface area contributed by atoms with Gasteiger partial charge in [0.2, 0.25) is 5.91 Å². The standard InChI is InChI=1S/C27H25N5O4/c1-17(2)18-8-12-20(13-9-18)32-26(34)24-25(27(32)35)31(30-29-24)16-23(33)28-19-10-14-22(15-11-19)36-21-6-4-3-5-7-21/h3-15,17,24-25H,16H2,1-2H3,(H,28,33)/t24-,25+/m0/s1. The Balaban J connectivity index is 1.21. The molecule has 2 aliphatic heterocycles. The molecule has 2 heterocycles. The molecule has 0 spiro atoms. The van der Waals surface area contributed by atoms with Crippen LogP contribution in [0.15, 0.2) is 89.2 Å². The van der Waals surface area contributed by atoms with Gasteiger partial charge in [-0.1, -0.05) is 49.4 Å². The SMILES string of the molecule is CC(C)c1ccc(N2C(=O)[C@H]3N=NN(CC(=O)Nc4ccc(Oc5ccccc5)cc4)[C@H]3C2=O)cc1. The number of hydrogen-bond acceptors (Lipinski definition) is 7. The second-order valence-electron chi connectivity index (χ2n) is 8.94. The molecule has 0 radical (unpaired) electrons. The van der Waals surface area contributed by atoms with Crippen molar-refractivity contribution in [3.63, 3.8) is 0 Å². The Labute approximate surface area is 208 Å². The van der Waals surface area contributed by atoms with Gasteiger partial charge in [-0.2, -0.15) is 5.11 Å². The summed E-state index contributed by atoms with van der Waals surface area (Å²) in [4.78, 5) is 39.9. The van der Waals surface area contributed by atoms with Crippen LogP contribution in [0.25, 0.3) is 0 Å². The number of para-hydroxylation sites is 1. The number of carbonyl (C=O) groups is 3. The van der Waals surface area contributed by atoms with Crippen LogP contribution in [0.5, 0.6) is 11.5 Å². The first-order valence-electron chi connectivity index (χ1n) is 11.7. The second-order valence-corrected chi connectivity index (χ2v) is 8.94. The number of anilines is 2. The lowest BCUT2D eigenvalue weighted by Gasteiger charge is -2.20. The maximum atomic E-state index is 13.2. The summed E-state index contributed by atoms with van der Waals surface area (Å²) in [5.74, 6) is 0.409. The molecule has 0 aromatic heterocycles. The molecular formula is C27H25N5O4. The Bertz CT molecular complexity index is 1310. The number of nitrogens with one attached hydrogen (secondary N) is 1. The Hall–Kier alpha value is -4.53. The van der Waals surface area contributed by atoms with Gasteiger partial charge in [0.1, 0.15) is 18.0 Å². The normalized spacial score (nSPS) is 18.6. The van der Waals surface area contributed by atoms with Crippen LogP contribution >= 0.6 is 0 Å². The number of nitrogens with zero attached hydrogens (tertiary/aromatic N) is 4. The van der Waals surface area contributed by atoms with E-state index >= 15 is 0 Å². The number of rotatable bonds is 7. The van der Waals surface area contributed by atoms with Crippen molar-refractivity contribution in [2.45, 2.75) is 31.8 Å². The highest BCUT2D eigenvalue weighted by Gasteiger charge is 2.55. The molecule has 1 saturated heterocycles. The summed E-state index contributed by atoms with van der Waals surface area (Å²) in [5.41, 5.74) is 2.16. The molecule has 0 bridgehead atoms. The molecule has 2 atom stereocenters. The van der Waals surface area contributed by atoms with E-state index < -0.39 is 23.9 Å². The first-order valence-corrected chi connectivity index (χ1v) is 11.7. The minimum absolute atomic E-state index is 0.216. The van der Waals surface area contributed by atoms with Crippen LogP contribution in [-0.4, -0.2) is 41.4 Å². The van der Waals surface area contributed by atoms with E-state index in [9.17, 15) is 14.4 Å². The lowest BCUT2D eigenvalue weighted by atomic mass is 10.0. The molecule has 0 saturated carbocycles. The highest BCUT2D eigenvalue weighted by Crippen LogP contribution is 2.32. The average Bonchev–Trinajstić information content (AvgIpc) is 3.40. The average molecular weight is 484 g/mol. The zero-order valence-electron chi connectivity index (χ0n) is 19.9. The van der Waals surface area contributed by atoms with Crippen molar-refractivity contribution < 1.29 is 19.1 Å². The van der Waals surface area contributed by atoms with Crippen LogP contribution in [-0.2, 0) is 14.4 Å². The third kappa shape index (κ3) is 4.55. The Morgan fingerprint density at radius 1 is 0.917 bits per heavy atom. The minimum atomic E-state index is -0.954. The van der Waals surface area contributed by atoms with E-state index in [0.29, 0.717) is 28.8 Å². The quantitative estimate of drug-likeness (QED) is 0.497. The summed E-state index contributed by atoms with van der Waals surface area (Å²) >= 11 is 0. The van der Waals surface area contributed by atoms with E-state index in [1.807, 2.05) is 42.5 Å². The van der Waals surface area contributed by atoms with Crippen LogP contribution in [0, 0.1) is 0 Å². The minimum Gasteiger partial charge on any atom is -0.457 e. The summed E-state index contributed by atoms with van der Waals surface area (Å²) in [6.45, 7) is 3.93. The van der Waals surface area contributed by atoms with Crippen LogP contribution < -0.4 is 15.0 Å². The van der Waals surface area contributed by atoms with E-state index in [1.54, 1.807) is 36.4 Å². The number of fused-ring (bicyclic) bond motifs is 1. The fourth-order valence-electron chi connectivity index (χ4n) is 4.20. The predicted molar refractivity (Wildman–Crippen MR) is 134 cm³/mol. The lowest BCUT2D eigenvalue weighted by Crippen LogP contribution is -2.43. The highest BCUT2D eigenvalue weighted by molar-refractivity contribution is 6.25. The Morgan fingerprint density at radius 3 is 2.25 bits per heavy atom. The number of imide groups is 1. The fraction of sp³-hybridized carbons (Fsp3) is 0.222. The molecule has 3 aromatic carbocycles.